The molecule has 4 rings (SSSR count). The summed E-state index contributed by atoms with van der Waals surface area (Å²) < 4.78 is 0. The number of carbonyl (C=O) groups is 2. The number of nitrogens with one attached hydrogen (secondary N) is 1. The van der Waals surface area contributed by atoms with Gasteiger partial charge in [-0.1, -0.05) is 18.8 Å². The summed E-state index contributed by atoms with van der Waals surface area (Å²) in [6, 6.07) is 5.34. The Balaban J connectivity index is 0.00000141. The fourth-order valence-electron chi connectivity index (χ4n) is 4.64. The molecule has 2 aromatic rings. The average molecular weight is 431 g/mol. The number of rotatable bonds is 2. The number of hydrogen-bond donors (Lipinski definition) is 5. The van der Waals surface area contributed by atoms with Crippen molar-refractivity contribution in [2.45, 2.75) is 31.4 Å². The van der Waals surface area contributed by atoms with E-state index < -0.39 is 29.6 Å². The largest absolute Gasteiger partial charge is 0.507 e. The first kappa shape index (κ1) is 22.9. The molecular weight excluding hydrogens is 406 g/mol. The minimum atomic E-state index is -1.18. The Hall–Kier alpha value is -3.78. The molecule has 0 fully saturated rings. The number of aliphatic hydroxyl groups is 1. The lowest BCUT2D eigenvalue weighted by molar-refractivity contribution is 0.0976. The number of benzene rings is 2. The Morgan fingerprint density at radius 1 is 1.12 bits per heavy atom. The standard InChI is InChI=1S/C24H20N2O4.CH5N/c1-4-12-16(5-2)26-22-15(19(12)17(27)6-3)10-18(28)20-21(22)23(29)13-8-7-11(25)9-14(13)24(20)30;1-2/h2-3,7-10,12,16-17,19,26-28H,4,25H2,1H3;2H2,1H3. The van der Waals surface area contributed by atoms with E-state index in [0.29, 0.717) is 23.4 Å². The predicted molar refractivity (Wildman–Crippen MR) is 124 cm³/mol. The second kappa shape index (κ2) is 8.76. The van der Waals surface area contributed by atoms with Crippen molar-refractivity contribution in [1.29, 1.82) is 0 Å². The molecule has 1 aliphatic carbocycles. The Labute approximate surface area is 186 Å². The van der Waals surface area contributed by atoms with Crippen molar-refractivity contribution in [2.24, 2.45) is 11.7 Å². The van der Waals surface area contributed by atoms with Crippen LogP contribution in [0.15, 0.2) is 24.3 Å². The van der Waals surface area contributed by atoms with Crippen LogP contribution in [-0.4, -0.2) is 41.0 Å². The number of carbonyl (C=O) groups excluding carboxylic acids is 2. The molecule has 2 aromatic carbocycles. The summed E-state index contributed by atoms with van der Waals surface area (Å²) >= 11 is 0. The summed E-state index contributed by atoms with van der Waals surface area (Å²) in [5.74, 6) is 2.88. The number of phenols is 1. The molecule has 1 heterocycles. The second-order valence-corrected chi connectivity index (χ2v) is 7.57. The van der Waals surface area contributed by atoms with Gasteiger partial charge in [0.1, 0.15) is 11.9 Å². The third-order valence-corrected chi connectivity index (χ3v) is 6.03. The van der Waals surface area contributed by atoms with Gasteiger partial charge in [-0.05, 0) is 43.3 Å². The molecule has 7 heteroatoms. The van der Waals surface area contributed by atoms with Gasteiger partial charge in [-0.15, -0.1) is 12.8 Å². The van der Waals surface area contributed by atoms with E-state index >= 15 is 0 Å². The minimum absolute atomic E-state index is 0.0382. The summed E-state index contributed by atoms with van der Waals surface area (Å²) in [4.78, 5) is 26.5. The van der Waals surface area contributed by atoms with E-state index in [1.165, 1.54) is 25.2 Å². The molecule has 0 saturated heterocycles. The van der Waals surface area contributed by atoms with Gasteiger partial charge < -0.3 is 27.0 Å². The lowest BCUT2D eigenvalue weighted by Gasteiger charge is -2.41. The zero-order valence-corrected chi connectivity index (χ0v) is 17.8. The number of fused-ring (bicyclic) bond motifs is 4. The van der Waals surface area contributed by atoms with Crippen molar-refractivity contribution < 1.29 is 19.8 Å². The number of terminal acetylenes is 2. The van der Waals surface area contributed by atoms with Crippen molar-refractivity contribution in [2.75, 3.05) is 18.1 Å². The van der Waals surface area contributed by atoms with Crippen LogP contribution in [-0.2, 0) is 0 Å². The molecule has 164 valence electrons. The van der Waals surface area contributed by atoms with Gasteiger partial charge in [-0.2, -0.15) is 0 Å². The number of phenolic OH excluding ortho intramolecular Hbond substituents is 1. The fourth-order valence-corrected chi connectivity index (χ4v) is 4.64. The maximum Gasteiger partial charge on any atom is 0.198 e. The highest BCUT2D eigenvalue weighted by molar-refractivity contribution is 6.31. The predicted octanol–water partition coefficient (Wildman–Crippen LogP) is 1.86. The minimum Gasteiger partial charge on any atom is -0.507 e. The van der Waals surface area contributed by atoms with Gasteiger partial charge in [0, 0.05) is 28.7 Å². The summed E-state index contributed by atoms with van der Waals surface area (Å²) in [7, 11) is 1.50. The van der Waals surface area contributed by atoms with Gasteiger partial charge in [0.15, 0.2) is 11.6 Å². The van der Waals surface area contributed by atoms with Crippen LogP contribution >= 0.6 is 0 Å². The number of aliphatic hydroxyl groups excluding tert-OH is 1. The number of anilines is 2. The van der Waals surface area contributed by atoms with Crippen LogP contribution in [0.3, 0.4) is 0 Å². The fraction of sp³-hybridized carbons (Fsp3) is 0.280. The molecule has 0 bridgehead atoms. The van der Waals surface area contributed by atoms with E-state index in [4.69, 9.17) is 18.6 Å². The second-order valence-electron chi connectivity index (χ2n) is 7.57. The van der Waals surface area contributed by atoms with E-state index in [1.807, 2.05) is 6.92 Å². The molecule has 0 amide bonds. The monoisotopic (exact) mass is 431 g/mol. The molecule has 0 spiro atoms. The summed E-state index contributed by atoms with van der Waals surface area (Å²) in [5, 5.41) is 24.5. The maximum atomic E-state index is 13.4. The number of ketones is 2. The first-order chi connectivity index (χ1) is 15.3. The van der Waals surface area contributed by atoms with Crippen molar-refractivity contribution in [3.05, 3.63) is 52.1 Å². The van der Waals surface area contributed by atoms with Gasteiger partial charge in [0.25, 0.3) is 0 Å². The smallest absolute Gasteiger partial charge is 0.198 e. The quantitative estimate of drug-likeness (QED) is 0.237. The third kappa shape index (κ3) is 3.29. The molecule has 32 heavy (non-hydrogen) atoms. The average Bonchev–Trinajstić information content (AvgIpc) is 2.81. The topological polar surface area (TPSA) is 139 Å². The van der Waals surface area contributed by atoms with Crippen LogP contribution in [0.5, 0.6) is 5.75 Å². The molecule has 0 saturated carbocycles. The molecular formula is C25H25N3O4. The van der Waals surface area contributed by atoms with Crippen LogP contribution in [0.2, 0.25) is 0 Å². The first-order valence-electron chi connectivity index (χ1n) is 10.2. The highest BCUT2D eigenvalue weighted by atomic mass is 16.3. The first-order valence-corrected chi connectivity index (χ1v) is 10.2. The normalized spacial score (nSPS) is 21.4. The number of aromatic hydroxyl groups is 1. The van der Waals surface area contributed by atoms with E-state index in [2.05, 4.69) is 22.9 Å². The Bertz CT molecular complexity index is 1190. The Morgan fingerprint density at radius 3 is 2.38 bits per heavy atom. The summed E-state index contributed by atoms with van der Waals surface area (Å²) in [6.07, 6.45) is 10.7. The van der Waals surface area contributed by atoms with E-state index in [1.54, 1.807) is 6.07 Å². The molecule has 4 atom stereocenters. The van der Waals surface area contributed by atoms with Crippen LogP contribution < -0.4 is 16.8 Å². The highest BCUT2D eigenvalue weighted by Crippen LogP contribution is 2.48. The summed E-state index contributed by atoms with van der Waals surface area (Å²) in [6.45, 7) is 1.92. The van der Waals surface area contributed by atoms with E-state index in [-0.39, 0.29) is 33.9 Å². The molecule has 7 nitrogen and oxygen atoms in total. The Kier molecular flexibility index (Phi) is 6.27. The van der Waals surface area contributed by atoms with Crippen molar-refractivity contribution in [3.8, 4) is 30.4 Å². The molecule has 0 radical (unpaired) electrons. The van der Waals surface area contributed by atoms with Gasteiger partial charge in [0.05, 0.1) is 22.9 Å². The van der Waals surface area contributed by atoms with Crippen molar-refractivity contribution in [1.82, 2.24) is 0 Å². The number of hydrogen-bond acceptors (Lipinski definition) is 7. The molecule has 4 unspecified atom stereocenters. The maximum absolute atomic E-state index is 13.4. The third-order valence-electron chi connectivity index (χ3n) is 6.03. The van der Waals surface area contributed by atoms with E-state index in [0.717, 1.165) is 0 Å². The van der Waals surface area contributed by atoms with Gasteiger partial charge in [-0.3, -0.25) is 9.59 Å². The molecule has 0 aromatic heterocycles. The van der Waals surface area contributed by atoms with Gasteiger partial charge in [-0.25, -0.2) is 0 Å². The molecule has 1 aliphatic heterocycles. The zero-order valence-electron chi connectivity index (χ0n) is 17.8. The highest BCUT2D eigenvalue weighted by Gasteiger charge is 2.44. The van der Waals surface area contributed by atoms with Crippen LogP contribution in [0.25, 0.3) is 0 Å². The lowest BCUT2D eigenvalue weighted by atomic mass is 9.70. The van der Waals surface area contributed by atoms with Crippen molar-refractivity contribution in [3.63, 3.8) is 0 Å². The number of nitrogens with two attached hydrogens (primary N) is 2. The summed E-state index contributed by atoms with van der Waals surface area (Å²) in [5.41, 5.74) is 11.7. The van der Waals surface area contributed by atoms with Gasteiger partial charge in [0.2, 0.25) is 0 Å². The molecule has 7 N–H and O–H groups in total. The zero-order chi connectivity index (χ0) is 23.7. The Morgan fingerprint density at radius 2 is 1.78 bits per heavy atom. The SMILES string of the molecule is C#CC(O)C1c2cc(O)c3c(c2NC(C#C)C1CC)C(=O)c1ccc(N)cc1C3=O.CN. The molecule has 2 aliphatic rings. The van der Waals surface area contributed by atoms with Gasteiger partial charge >= 0.3 is 0 Å². The van der Waals surface area contributed by atoms with Crippen molar-refractivity contribution >= 4 is 22.9 Å². The van der Waals surface area contributed by atoms with Crippen LogP contribution in [0.4, 0.5) is 11.4 Å². The van der Waals surface area contributed by atoms with Crippen LogP contribution in [0.1, 0.15) is 56.7 Å². The lowest BCUT2D eigenvalue weighted by Crippen LogP contribution is -2.42. The number of nitrogen functional groups attached to an aromatic ring is 1. The van der Waals surface area contributed by atoms with Crippen LogP contribution in [0, 0.1) is 30.6 Å². The van der Waals surface area contributed by atoms with E-state index in [9.17, 15) is 19.8 Å².